The fourth-order valence-electron chi connectivity index (χ4n) is 2.88. The Morgan fingerprint density at radius 1 is 1.39 bits per heavy atom. The van der Waals surface area contributed by atoms with Crippen LogP contribution in [0.2, 0.25) is 0 Å². The molecule has 1 aliphatic carbocycles. The second-order valence-corrected chi connectivity index (χ2v) is 5.91. The molecule has 0 amide bonds. The first-order valence-electron chi connectivity index (χ1n) is 6.48. The van der Waals surface area contributed by atoms with Gasteiger partial charge in [0.25, 0.3) is 0 Å². The summed E-state index contributed by atoms with van der Waals surface area (Å²) in [5, 5.41) is 10.5. The van der Waals surface area contributed by atoms with Crippen LogP contribution >= 0.6 is 11.3 Å². The zero-order chi connectivity index (χ0) is 12.4. The Morgan fingerprint density at radius 2 is 2.28 bits per heavy atom. The first-order chi connectivity index (χ1) is 8.84. The molecule has 0 saturated carbocycles. The highest BCUT2D eigenvalue weighted by atomic mass is 32.1. The van der Waals surface area contributed by atoms with Crippen LogP contribution in [0.1, 0.15) is 34.8 Å². The smallest absolute Gasteiger partial charge is 0.0794 e. The third-order valence-electron chi connectivity index (χ3n) is 3.77. The van der Waals surface area contributed by atoms with Gasteiger partial charge in [-0.05, 0) is 30.4 Å². The first-order valence-corrected chi connectivity index (χ1v) is 7.36. The minimum atomic E-state index is -0.285. The van der Waals surface area contributed by atoms with Crippen molar-refractivity contribution in [2.24, 2.45) is 0 Å². The van der Waals surface area contributed by atoms with E-state index in [0.29, 0.717) is 0 Å². The number of aliphatic hydroxyl groups is 1. The van der Waals surface area contributed by atoms with Crippen LogP contribution in [0.3, 0.4) is 0 Å². The number of nitrogens with zero attached hydrogens (tertiary/aromatic N) is 1. The summed E-state index contributed by atoms with van der Waals surface area (Å²) in [7, 11) is 0. The molecule has 2 atom stereocenters. The number of aromatic nitrogens is 1. The van der Waals surface area contributed by atoms with Gasteiger partial charge in [-0.1, -0.05) is 24.3 Å². The number of thiazole rings is 1. The average molecular weight is 259 g/mol. The molecule has 1 aromatic heterocycles. The van der Waals surface area contributed by atoms with Gasteiger partial charge in [0.05, 0.1) is 11.6 Å². The van der Waals surface area contributed by atoms with Gasteiger partial charge in [-0.2, -0.15) is 0 Å². The van der Waals surface area contributed by atoms with E-state index >= 15 is 0 Å². The Morgan fingerprint density at radius 3 is 3.11 bits per heavy atom. The fourth-order valence-corrected chi connectivity index (χ4v) is 3.53. The van der Waals surface area contributed by atoms with Crippen molar-refractivity contribution in [3.8, 4) is 0 Å². The normalized spacial score (nSPS) is 20.4. The molecule has 18 heavy (non-hydrogen) atoms. The fraction of sp³-hybridized carbons (Fsp3) is 0.400. The van der Waals surface area contributed by atoms with Crippen LogP contribution in [0.25, 0.3) is 0 Å². The largest absolute Gasteiger partial charge is 0.392 e. The minimum Gasteiger partial charge on any atom is -0.392 e. The Labute approximate surface area is 111 Å². The minimum absolute atomic E-state index is 0.285. The van der Waals surface area contributed by atoms with Gasteiger partial charge in [-0.15, -0.1) is 11.3 Å². The van der Waals surface area contributed by atoms with E-state index in [9.17, 15) is 5.11 Å². The molecule has 0 radical (unpaired) electrons. The Bertz CT molecular complexity index is 509. The molecule has 1 aromatic carbocycles. The highest BCUT2D eigenvalue weighted by molar-refractivity contribution is 7.09. The zero-order valence-electron chi connectivity index (χ0n) is 10.2. The predicted molar refractivity (Wildman–Crippen MR) is 73.9 cm³/mol. The van der Waals surface area contributed by atoms with Crippen molar-refractivity contribution in [1.82, 2.24) is 4.98 Å². The third kappa shape index (κ3) is 2.33. The molecule has 3 rings (SSSR count). The lowest BCUT2D eigenvalue weighted by Crippen LogP contribution is -2.24. The maximum Gasteiger partial charge on any atom is 0.0794 e. The van der Waals surface area contributed by atoms with Crippen molar-refractivity contribution in [2.45, 2.75) is 37.7 Å². The van der Waals surface area contributed by atoms with Crippen LogP contribution in [-0.2, 0) is 12.8 Å². The molecular weight excluding hydrogens is 242 g/mol. The van der Waals surface area contributed by atoms with E-state index in [2.05, 4.69) is 29.2 Å². The monoisotopic (exact) mass is 259 g/mol. The zero-order valence-corrected chi connectivity index (χ0v) is 11.1. The maximum absolute atomic E-state index is 10.5. The maximum atomic E-state index is 10.5. The topological polar surface area (TPSA) is 33.1 Å². The summed E-state index contributed by atoms with van der Waals surface area (Å²) in [6.45, 7) is 0. The Balaban J connectivity index is 1.80. The molecule has 94 valence electrons. The quantitative estimate of drug-likeness (QED) is 0.918. The molecule has 0 spiro atoms. The molecule has 1 aliphatic rings. The first kappa shape index (κ1) is 11.9. The molecule has 0 aliphatic heterocycles. The van der Waals surface area contributed by atoms with Crippen molar-refractivity contribution >= 4 is 11.3 Å². The number of rotatable bonds is 3. The summed E-state index contributed by atoms with van der Waals surface area (Å²) >= 11 is 1.63. The summed E-state index contributed by atoms with van der Waals surface area (Å²) in [4.78, 5) is 5.24. The number of fused-ring (bicyclic) bond motifs is 1. The van der Waals surface area contributed by atoms with E-state index in [1.165, 1.54) is 22.4 Å². The third-order valence-corrected chi connectivity index (χ3v) is 4.58. The van der Waals surface area contributed by atoms with Gasteiger partial charge in [-0.25, -0.2) is 0 Å². The summed E-state index contributed by atoms with van der Waals surface area (Å²) in [5.41, 5.74) is 4.59. The van der Waals surface area contributed by atoms with Crippen LogP contribution in [0.4, 0.5) is 0 Å². The van der Waals surface area contributed by atoms with E-state index in [1.807, 2.05) is 11.7 Å². The van der Waals surface area contributed by atoms with Crippen LogP contribution in [0, 0.1) is 0 Å². The molecule has 2 aromatic rings. The summed E-state index contributed by atoms with van der Waals surface area (Å²) in [6, 6.07) is 8.54. The van der Waals surface area contributed by atoms with Gasteiger partial charge >= 0.3 is 0 Å². The molecule has 0 fully saturated rings. The van der Waals surface area contributed by atoms with Gasteiger partial charge in [-0.3, -0.25) is 4.98 Å². The van der Waals surface area contributed by atoms with Crippen LogP contribution in [0.5, 0.6) is 0 Å². The second kappa shape index (κ2) is 5.21. The highest BCUT2D eigenvalue weighted by Gasteiger charge is 2.26. The average Bonchev–Trinajstić information content (AvgIpc) is 2.91. The molecule has 2 nitrogen and oxygen atoms in total. The summed E-state index contributed by atoms with van der Waals surface area (Å²) < 4.78 is 0. The molecule has 1 N–H and O–H groups in total. The summed E-state index contributed by atoms with van der Waals surface area (Å²) in [6.07, 6.45) is 5.73. The number of benzene rings is 1. The van der Waals surface area contributed by atoms with E-state index < -0.39 is 0 Å². The molecule has 2 unspecified atom stereocenters. The number of aryl methyl sites for hydroxylation is 1. The standard InChI is InChI=1S/C15H17NOS/c17-15(8-12-9-16-10-18-12)14-7-3-5-11-4-1-2-6-13(11)14/h1-2,4,6,9-10,14-15,17H,3,5,7-8H2. The lowest BCUT2D eigenvalue weighted by atomic mass is 9.79. The Kier molecular flexibility index (Phi) is 3.43. The van der Waals surface area contributed by atoms with E-state index in [-0.39, 0.29) is 12.0 Å². The van der Waals surface area contributed by atoms with Crippen LogP contribution in [-0.4, -0.2) is 16.2 Å². The number of hydrogen-bond acceptors (Lipinski definition) is 3. The van der Waals surface area contributed by atoms with E-state index in [1.54, 1.807) is 11.3 Å². The van der Waals surface area contributed by atoms with E-state index in [0.717, 1.165) is 19.3 Å². The van der Waals surface area contributed by atoms with Crippen molar-refractivity contribution in [1.29, 1.82) is 0 Å². The van der Waals surface area contributed by atoms with Gasteiger partial charge in [0, 0.05) is 23.4 Å². The van der Waals surface area contributed by atoms with Crippen molar-refractivity contribution in [3.63, 3.8) is 0 Å². The van der Waals surface area contributed by atoms with Crippen molar-refractivity contribution in [3.05, 3.63) is 52.0 Å². The van der Waals surface area contributed by atoms with Gasteiger partial charge in [0.2, 0.25) is 0 Å². The van der Waals surface area contributed by atoms with Gasteiger partial charge in [0.15, 0.2) is 0 Å². The molecule has 0 bridgehead atoms. The predicted octanol–water partition coefficient (Wildman–Crippen LogP) is 3.17. The summed E-state index contributed by atoms with van der Waals surface area (Å²) in [5.74, 6) is 0.289. The SMILES string of the molecule is OC(Cc1cncs1)C1CCCc2ccccc21. The van der Waals surface area contributed by atoms with Crippen LogP contribution < -0.4 is 0 Å². The van der Waals surface area contributed by atoms with Crippen molar-refractivity contribution < 1.29 is 5.11 Å². The molecule has 1 heterocycles. The van der Waals surface area contributed by atoms with Crippen LogP contribution in [0.15, 0.2) is 36.0 Å². The number of aliphatic hydroxyl groups excluding tert-OH is 1. The lowest BCUT2D eigenvalue weighted by Gasteiger charge is -2.29. The van der Waals surface area contributed by atoms with Gasteiger partial charge < -0.3 is 5.11 Å². The lowest BCUT2D eigenvalue weighted by molar-refractivity contribution is 0.135. The Hall–Kier alpha value is -1.19. The highest BCUT2D eigenvalue weighted by Crippen LogP contribution is 2.35. The van der Waals surface area contributed by atoms with E-state index in [4.69, 9.17) is 0 Å². The molecule has 0 saturated heterocycles. The van der Waals surface area contributed by atoms with Crippen molar-refractivity contribution in [2.75, 3.05) is 0 Å². The molecule has 3 heteroatoms. The van der Waals surface area contributed by atoms with Gasteiger partial charge in [0.1, 0.15) is 0 Å². The molecular formula is C15H17NOS. The second-order valence-electron chi connectivity index (χ2n) is 4.94. The number of hydrogen-bond donors (Lipinski definition) is 1.